The largest absolute Gasteiger partial charge is 0.401 e. The maximum absolute atomic E-state index is 5.81. The molecule has 4 nitrogen and oxygen atoms in total. The van der Waals surface area contributed by atoms with E-state index in [0.717, 1.165) is 31.5 Å². The van der Waals surface area contributed by atoms with Gasteiger partial charge in [0, 0.05) is 36.5 Å². The quantitative estimate of drug-likeness (QED) is 0.539. The van der Waals surface area contributed by atoms with E-state index < -0.39 is 0 Å². The summed E-state index contributed by atoms with van der Waals surface area (Å²) in [4.78, 5) is 4.48. The Bertz CT molecular complexity index is 261. The number of nitrogens with one attached hydrogen (secondary N) is 1. The molecule has 0 aromatic rings. The van der Waals surface area contributed by atoms with Gasteiger partial charge >= 0.3 is 0 Å². The van der Waals surface area contributed by atoms with Gasteiger partial charge in [-0.25, -0.2) is 0 Å². The maximum Gasteiger partial charge on any atom is 0.0781 e. The number of nitrogens with zero attached hydrogens (tertiary/aromatic N) is 1. The molecule has 2 rings (SSSR count). The van der Waals surface area contributed by atoms with E-state index in [4.69, 9.17) is 11.5 Å². The molecule has 2 unspecified atom stereocenters. The molecule has 1 fully saturated rings. The van der Waals surface area contributed by atoms with Gasteiger partial charge in [0.2, 0.25) is 0 Å². The van der Waals surface area contributed by atoms with Gasteiger partial charge in [-0.2, -0.15) is 0 Å². The number of dihydropyridines is 1. The Morgan fingerprint density at radius 1 is 1.43 bits per heavy atom. The lowest BCUT2D eigenvalue weighted by Crippen LogP contribution is -2.49. The van der Waals surface area contributed by atoms with Gasteiger partial charge in [-0.05, 0) is 12.8 Å². The molecule has 0 aromatic carbocycles. The fraction of sp³-hybridized carbons (Fsp3) is 0.700. The van der Waals surface area contributed by atoms with Crippen molar-refractivity contribution < 1.29 is 0 Å². The Morgan fingerprint density at radius 2 is 2.29 bits per heavy atom. The molecule has 14 heavy (non-hydrogen) atoms. The molecule has 0 spiro atoms. The van der Waals surface area contributed by atoms with E-state index in [1.807, 2.05) is 0 Å². The zero-order valence-electron chi connectivity index (χ0n) is 8.37. The highest BCUT2D eigenvalue weighted by Gasteiger charge is 2.22. The topological polar surface area (TPSA) is 76.4 Å². The Morgan fingerprint density at radius 3 is 2.86 bits per heavy atom. The minimum atomic E-state index is 0.316. The molecular formula is C10H18N4. The summed E-state index contributed by atoms with van der Waals surface area (Å²) in [7, 11) is 0. The first-order chi connectivity index (χ1) is 6.75. The predicted molar refractivity (Wildman–Crippen MR) is 58.2 cm³/mol. The molecular weight excluding hydrogens is 176 g/mol. The number of nitrogens with two attached hydrogens (primary N) is 2. The second-order valence-electron chi connectivity index (χ2n) is 4.09. The zero-order chi connectivity index (χ0) is 9.97. The summed E-state index contributed by atoms with van der Waals surface area (Å²) in [6, 6.07) is 0.746. The van der Waals surface area contributed by atoms with Gasteiger partial charge in [0.15, 0.2) is 0 Å². The molecule has 2 heterocycles. The summed E-state index contributed by atoms with van der Waals surface area (Å²) in [5.74, 6) is 0. The lowest BCUT2D eigenvalue weighted by Gasteiger charge is -2.29. The molecule has 0 aromatic heterocycles. The average Bonchev–Trinajstić information content (AvgIpc) is 2.21. The lowest BCUT2D eigenvalue weighted by molar-refractivity contribution is 0.419. The summed E-state index contributed by atoms with van der Waals surface area (Å²) >= 11 is 0. The highest BCUT2D eigenvalue weighted by molar-refractivity contribution is 5.91. The Balaban J connectivity index is 1.90. The number of piperidine rings is 1. The van der Waals surface area contributed by atoms with Crippen LogP contribution in [0.2, 0.25) is 0 Å². The third kappa shape index (κ3) is 2.13. The molecule has 0 amide bonds. The van der Waals surface area contributed by atoms with Gasteiger partial charge in [-0.3, -0.25) is 4.99 Å². The fourth-order valence-corrected chi connectivity index (χ4v) is 1.97. The van der Waals surface area contributed by atoms with E-state index in [0.29, 0.717) is 18.6 Å². The number of aliphatic imine (C=N–C) groups is 1. The third-order valence-electron chi connectivity index (χ3n) is 2.89. The second kappa shape index (κ2) is 4.11. The van der Waals surface area contributed by atoms with Crippen LogP contribution < -0.4 is 16.8 Å². The molecule has 2 aliphatic rings. The number of rotatable bonds is 1. The van der Waals surface area contributed by atoms with Gasteiger partial charge in [0.1, 0.15) is 0 Å². The number of hydrogen-bond donors (Lipinski definition) is 3. The van der Waals surface area contributed by atoms with E-state index in [1.165, 1.54) is 5.71 Å². The van der Waals surface area contributed by atoms with Crippen LogP contribution in [0.1, 0.15) is 19.3 Å². The molecule has 0 radical (unpaired) electrons. The van der Waals surface area contributed by atoms with Crippen molar-refractivity contribution in [3.8, 4) is 0 Å². The van der Waals surface area contributed by atoms with Gasteiger partial charge in [0.05, 0.1) is 6.54 Å². The monoisotopic (exact) mass is 194 g/mol. The number of hydrogen-bond acceptors (Lipinski definition) is 4. The lowest BCUT2D eigenvalue weighted by atomic mass is 9.95. The van der Waals surface area contributed by atoms with Gasteiger partial charge in [0.25, 0.3) is 0 Å². The summed E-state index contributed by atoms with van der Waals surface area (Å²) in [5, 5.41) is 3.43. The molecule has 0 aliphatic carbocycles. The maximum atomic E-state index is 5.81. The van der Waals surface area contributed by atoms with E-state index in [1.54, 1.807) is 0 Å². The van der Waals surface area contributed by atoms with Gasteiger partial charge in [-0.1, -0.05) is 6.08 Å². The highest BCUT2D eigenvalue weighted by atomic mass is 15.0. The van der Waals surface area contributed by atoms with Gasteiger partial charge in [-0.15, -0.1) is 0 Å². The highest BCUT2D eigenvalue weighted by Crippen LogP contribution is 2.13. The van der Waals surface area contributed by atoms with Crippen LogP contribution in [0, 0.1) is 0 Å². The van der Waals surface area contributed by atoms with Crippen LogP contribution in [-0.2, 0) is 0 Å². The van der Waals surface area contributed by atoms with Crippen molar-refractivity contribution >= 4 is 5.71 Å². The van der Waals surface area contributed by atoms with Crippen molar-refractivity contribution in [1.82, 2.24) is 5.32 Å². The van der Waals surface area contributed by atoms with Crippen LogP contribution in [0.15, 0.2) is 16.8 Å². The van der Waals surface area contributed by atoms with Crippen molar-refractivity contribution in [1.29, 1.82) is 0 Å². The Labute approximate surface area is 84.4 Å². The van der Waals surface area contributed by atoms with Crippen molar-refractivity contribution in [3.63, 3.8) is 0 Å². The van der Waals surface area contributed by atoms with E-state index in [-0.39, 0.29) is 0 Å². The van der Waals surface area contributed by atoms with Crippen molar-refractivity contribution in [2.24, 2.45) is 16.5 Å². The molecule has 5 N–H and O–H groups in total. The third-order valence-corrected chi connectivity index (χ3v) is 2.89. The summed E-state index contributed by atoms with van der Waals surface area (Å²) in [6.07, 6.45) is 5.17. The zero-order valence-corrected chi connectivity index (χ0v) is 8.37. The fourth-order valence-electron chi connectivity index (χ4n) is 1.97. The molecule has 0 saturated carbocycles. The molecule has 1 saturated heterocycles. The second-order valence-corrected chi connectivity index (χ2v) is 4.09. The first-order valence-corrected chi connectivity index (χ1v) is 5.22. The van der Waals surface area contributed by atoms with E-state index in [2.05, 4.69) is 16.4 Å². The Kier molecular flexibility index (Phi) is 2.84. The van der Waals surface area contributed by atoms with Gasteiger partial charge < -0.3 is 16.8 Å². The van der Waals surface area contributed by atoms with Crippen molar-refractivity contribution in [2.45, 2.75) is 31.3 Å². The predicted octanol–water partition coefficient (Wildman–Crippen LogP) is -0.247. The SMILES string of the molecule is NC1=CCC(C2CCC(N)CN2)=NC1. The van der Waals surface area contributed by atoms with Crippen LogP contribution >= 0.6 is 0 Å². The standard InChI is InChI=1S/C10H18N4/c11-7-1-3-9(13-5-7)10-4-2-8(12)6-14-10/h1,8,10,14H,2-6,11-12H2. The minimum Gasteiger partial charge on any atom is -0.401 e. The van der Waals surface area contributed by atoms with Crippen LogP contribution in [0.3, 0.4) is 0 Å². The van der Waals surface area contributed by atoms with E-state index >= 15 is 0 Å². The number of allylic oxidation sites excluding steroid dienone is 1. The first-order valence-electron chi connectivity index (χ1n) is 5.22. The minimum absolute atomic E-state index is 0.316. The van der Waals surface area contributed by atoms with Crippen molar-refractivity contribution in [3.05, 3.63) is 11.8 Å². The van der Waals surface area contributed by atoms with Crippen molar-refractivity contribution in [2.75, 3.05) is 13.1 Å². The summed E-state index contributed by atoms with van der Waals surface area (Å²) in [5.41, 5.74) is 13.6. The smallest absolute Gasteiger partial charge is 0.0781 e. The van der Waals surface area contributed by atoms with Crippen LogP contribution in [-0.4, -0.2) is 30.9 Å². The van der Waals surface area contributed by atoms with Crippen LogP contribution in [0.25, 0.3) is 0 Å². The molecule has 2 atom stereocenters. The molecule has 0 bridgehead atoms. The normalized spacial score (nSPS) is 33.5. The molecule has 4 heteroatoms. The molecule has 78 valence electrons. The Hall–Kier alpha value is -0.870. The van der Waals surface area contributed by atoms with Crippen LogP contribution in [0.4, 0.5) is 0 Å². The molecule has 2 aliphatic heterocycles. The average molecular weight is 194 g/mol. The first kappa shape index (κ1) is 9.68. The van der Waals surface area contributed by atoms with E-state index in [9.17, 15) is 0 Å². The summed E-state index contributed by atoms with van der Waals surface area (Å²) in [6.45, 7) is 1.57. The van der Waals surface area contributed by atoms with Crippen LogP contribution in [0.5, 0.6) is 0 Å². The summed E-state index contributed by atoms with van der Waals surface area (Å²) < 4.78 is 0.